The fraction of sp³-hybridized carbons (Fsp3) is 0.318. The maximum atomic E-state index is 13.1. The van der Waals surface area contributed by atoms with Gasteiger partial charge in [-0.15, -0.1) is 0 Å². The van der Waals surface area contributed by atoms with Crippen LogP contribution < -0.4 is 4.74 Å². The smallest absolute Gasteiger partial charge is 0.325 e. The number of nitrogens with zero attached hydrogens (tertiary/aromatic N) is 1. The Morgan fingerprint density at radius 3 is 2.03 bits per heavy atom. The van der Waals surface area contributed by atoms with E-state index in [1.54, 1.807) is 24.3 Å². The Bertz CT molecular complexity index is 1090. The summed E-state index contributed by atoms with van der Waals surface area (Å²) in [6.07, 6.45) is 0.317. The number of carboxylic acid groups (broad SMARTS) is 1. The van der Waals surface area contributed by atoms with Gasteiger partial charge in [0.15, 0.2) is 14.6 Å². The van der Waals surface area contributed by atoms with Crippen LogP contribution in [0, 0.1) is 0 Å². The number of imide groups is 1. The van der Waals surface area contributed by atoms with E-state index in [0.717, 1.165) is 4.90 Å². The topological polar surface area (TPSA) is 118 Å². The van der Waals surface area contributed by atoms with Gasteiger partial charge in [-0.2, -0.15) is 0 Å². The van der Waals surface area contributed by atoms with Gasteiger partial charge in [-0.25, -0.2) is 8.42 Å². The molecule has 3 rings (SSSR count). The van der Waals surface area contributed by atoms with Crippen LogP contribution in [-0.2, 0) is 14.6 Å². The van der Waals surface area contributed by atoms with Crippen molar-refractivity contribution in [3.8, 4) is 5.75 Å². The van der Waals surface area contributed by atoms with E-state index < -0.39 is 32.4 Å². The van der Waals surface area contributed by atoms with Crippen molar-refractivity contribution in [2.45, 2.75) is 35.8 Å². The van der Waals surface area contributed by atoms with E-state index in [-0.39, 0.29) is 30.7 Å². The second-order valence-corrected chi connectivity index (χ2v) is 9.86. The first kappa shape index (κ1) is 22.5. The Balaban J connectivity index is 1.69. The number of carbonyl (C=O) groups is 3. The van der Waals surface area contributed by atoms with Gasteiger partial charge in [0.25, 0.3) is 11.8 Å². The van der Waals surface area contributed by atoms with Gasteiger partial charge in [-0.3, -0.25) is 19.3 Å². The zero-order valence-electron chi connectivity index (χ0n) is 17.2. The first-order valence-corrected chi connectivity index (χ1v) is 11.2. The number of hydrogen-bond acceptors (Lipinski definition) is 6. The van der Waals surface area contributed by atoms with Crippen molar-refractivity contribution in [3.63, 3.8) is 0 Å². The van der Waals surface area contributed by atoms with Crippen LogP contribution in [0.3, 0.4) is 0 Å². The molecule has 2 aromatic carbocycles. The van der Waals surface area contributed by atoms with Crippen molar-refractivity contribution in [2.24, 2.45) is 0 Å². The number of ether oxygens (including phenoxy) is 1. The van der Waals surface area contributed by atoms with Gasteiger partial charge in [-0.1, -0.05) is 12.1 Å². The molecule has 0 radical (unpaired) electrons. The van der Waals surface area contributed by atoms with E-state index in [0.29, 0.717) is 16.9 Å². The molecule has 2 aromatic rings. The van der Waals surface area contributed by atoms with Crippen molar-refractivity contribution < 1.29 is 32.6 Å². The number of carboxylic acids is 1. The molecule has 0 aliphatic carbocycles. The maximum absolute atomic E-state index is 13.1. The minimum Gasteiger partial charge on any atom is -0.497 e. The molecule has 0 bridgehead atoms. The van der Waals surface area contributed by atoms with Crippen molar-refractivity contribution in [2.75, 3.05) is 13.7 Å². The maximum Gasteiger partial charge on any atom is 0.325 e. The summed E-state index contributed by atoms with van der Waals surface area (Å²) in [5, 5.41) is 9.72. The molecule has 1 unspecified atom stereocenters. The van der Waals surface area contributed by atoms with E-state index in [4.69, 9.17) is 4.74 Å². The fourth-order valence-corrected chi connectivity index (χ4v) is 5.20. The summed E-state index contributed by atoms with van der Waals surface area (Å²) in [7, 11) is -2.75. The zero-order chi connectivity index (χ0) is 22.8. The summed E-state index contributed by atoms with van der Waals surface area (Å²) < 4.78 is 29.1. The summed E-state index contributed by atoms with van der Waals surface area (Å²) in [4.78, 5) is 37.8. The molecule has 1 N–H and O–H groups in total. The summed E-state index contributed by atoms with van der Waals surface area (Å²) in [5.41, 5.74) is 0.676. The first-order chi connectivity index (χ1) is 14.6. The standard InChI is InChI=1S/C22H23NO7S/c1-22(21(26)27,31(28,29)16-11-9-15(30-2)10-12-16)13-5-6-14-23-19(24)17-7-3-4-8-18(17)20(23)25/h3-4,7-12H,5-6,13-14H2,1-2H3,(H,26,27). The van der Waals surface area contributed by atoms with Gasteiger partial charge in [0.1, 0.15) is 5.75 Å². The molecule has 8 nitrogen and oxygen atoms in total. The lowest BCUT2D eigenvalue weighted by atomic mass is 10.0. The molecule has 0 saturated carbocycles. The Kier molecular flexibility index (Phi) is 6.17. The molecule has 9 heteroatoms. The van der Waals surface area contributed by atoms with Gasteiger partial charge in [0.05, 0.1) is 23.1 Å². The third-order valence-corrected chi connectivity index (χ3v) is 8.04. The van der Waals surface area contributed by atoms with Gasteiger partial charge in [0.2, 0.25) is 0 Å². The summed E-state index contributed by atoms with van der Waals surface area (Å²) >= 11 is 0. The van der Waals surface area contributed by atoms with Crippen LogP contribution in [-0.4, -0.2) is 54.6 Å². The predicted octanol–water partition coefficient (Wildman–Crippen LogP) is 2.78. The number of hydrogen-bond donors (Lipinski definition) is 1. The second-order valence-electron chi connectivity index (χ2n) is 7.48. The number of fused-ring (bicyclic) bond motifs is 1. The van der Waals surface area contributed by atoms with Gasteiger partial charge in [-0.05, 0) is 62.6 Å². The van der Waals surface area contributed by atoms with E-state index in [1.165, 1.54) is 38.3 Å². The number of benzene rings is 2. The molecular weight excluding hydrogens is 422 g/mol. The lowest BCUT2D eigenvalue weighted by molar-refractivity contribution is -0.139. The average molecular weight is 445 g/mol. The fourth-order valence-electron chi connectivity index (χ4n) is 3.55. The van der Waals surface area contributed by atoms with Crippen molar-refractivity contribution in [1.82, 2.24) is 4.90 Å². The van der Waals surface area contributed by atoms with Crippen molar-refractivity contribution >= 4 is 27.6 Å². The molecular formula is C22H23NO7S. The largest absolute Gasteiger partial charge is 0.497 e. The SMILES string of the molecule is COc1ccc(S(=O)(=O)C(C)(CCCCN2C(=O)c3ccccc3C2=O)C(=O)O)cc1. The van der Waals surface area contributed by atoms with Crippen LogP contribution in [0.5, 0.6) is 5.75 Å². The Hall–Kier alpha value is -3.20. The highest BCUT2D eigenvalue weighted by Gasteiger charge is 2.47. The molecule has 0 saturated heterocycles. The van der Waals surface area contributed by atoms with E-state index in [2.05, 4.69) is 0 Å². The van der Waals surface area contributed by atoms with Crippen molar-refractivity contribution in [3.05, 3.63) is 59.7 Å². The molecule has 0 spiro atoms. The van der Waals surface area contributed by atoms with Crippen LogP contribution in [0.25, 0.3) is 0 Å². The first-order valence-electron chi connectivity index (χ1n) is 9.71. The molecule has 1 aliphatic rings. The predicted molar refractivity (Wildman–Crippen MR) is 112 cm³/mol. The monoisotopic (exact) mass is 445 g/mol. The summed E-state index contributed by atoms with van der Waals surface area (Å²) in [5.74, 6) is -1.79. The normalized spacial score (nSPS) is 15.5. The molecule has 0 fully saturated rings. The minimum atomic E-state index is -4.19. The highest BCUT2D eigenvalue weighted by atomic mass is 32.2. The molecule has 31 heavy (non-hydrogen) atoms. The molecule has 0 aromatic heterocycles. The van der Waals surface area contributed by atoms with Crippen LogP contribution in [0.15, 0.2) is 53.4 Å². The summed E-state index contributed by atoms with van der Waals surface area (Å²) in [6.45, 7) is 1.27. The third-order valence-electron chi connectivity index (χ3n) is 5.58. The number of methoxy groups -OCH3 is 1. The Morgan fingerprint density at radius 2 is 1.55 bits per heavy atom. The highest BCUT2D eigenvalue weighted by Crippen LogP contribution is 2.32. The number of rotatable bonds is 9. The van der Waals surface area contributed by atoms with Crippen molar-refractivity contribution in [1.29, 1.82) is 0 Å². The zero-order valence-corrected chi connectivity index (χ0v) is 18.0. The van der Waals surface area contributed by atoms with Crippen LogP contribution in [0.1, 0.15) is 46.9 Å². The quantitative estimate of drug-likeness (QED) is 0.466. The number of amides is 2. The van der Waals surface area contributed by atoms with Crippen LogP contribution >= 0.6 is 0 Å². The molecule has 2 amide bonds. The van der Waals surface area contributed by atoms with Gasteiger partial charge < -0.3 is 9.84 Å². The minimum absolute atomic E-state index is 0.0879. The number of unbranched alkanes of at least 4 members (excludes halogenated alkanes) is 1. The Morgan fingerprint density at radius 1 is 1.00 bits per heavy atom. The highest BCUT2D eigenvalue weighted by molar-refractivity contribution is 7.93. The Labute approximate surface area is 180 Å². The van der Waals surface area contributed by atoms with Crippen LogP contribution in [0.2, 0.25) is 0 Å². The molecule has 1 aliphatic heterocycles. The second kappa shape index (κ2) is 8.50. The molecule has 164 valence electrons. The molecule has 1 atom stereocenters. The lowest BCUT2D eigenvalue weighted by Crippen LogP contribution is -2.43. The van der Waals surface area contributed by atoms with Crippen LogP contribution in [0.4, 0.5) is 0 Å². The average Bonchev–Trinajstić information content (AvgIpc) is 3.01. The number of aliphatic carboxylic acids is 1. The van der Waals surface area contributed by atoms with E-state index in [1.807, 2.05) is 0 Å². The number of sulfone groups is 1. The van der Waals surface area contributed by atoms with E-state index >= 15 is 0 Å². The van der Waals surface area contributed by atoms with E-state index in [9.17, 15) is 27.9 Å². The molecule has 1 heterocycles. The van der Waals surface area contributed by atoms with Gasteiger partial charge >= 0.3 is 5.97 Å². The lowest BCUT2D eigenvalue weighted by Gasteiger charge is -2.25. The third kappa shape index (κ3) is 3.93. The number of carbonyl (C=O) groups excluding carboxylic acids is 2. The summed E-state index contributed by atoms with van der Waals surface area (Å²) in [6, 6.07) is 12.1. The van der Waals surface area contributed by atoms with Gasteiger partial charge in [0, 0.05) is 6.54 Å².